The molecule has 0 spiro atoms. The first kappa shape index (κ1) is 22.8. The van der Waals surface area contributed by atoms with Gasteiger partial charge < -0.3 is 19.7 Å². The monoisotopic (exact) mass is 466 g/mol. The zero-order valence-electron chi connectivity index (χ0n) is 16.9. The van der Waals surface area contributed by atoms with Crippen molar-refractivity contribution in [2.24, 2.45) is 0 Å². The van der Waals surface area contributed by atoms with E-state index in [4.69, 9.17) is 4.74 Å². The Bertz CT molecular complexity index is 1370. The van der Waals surface area contributed by atoms with Gasteiger partial charge in [0.1, 0.15) is 11.3 Å². The van der Waals surface area contributed by atoms with Gasteiger partial charge in [0, 0.05) is 31.9 Å². The second-order valence-electron chi connectivity index (χ2n) is 6.52. The van der Waals surface area contributed by atoms with Crippen molar-refractivity contribution in [1.29, 1.82) is 0 Å². The highest BCUT2D eigenvalue weighted by Gasteiger charge is 2.12. The molecule has 0 radical (unpaired) electrons. The number of thioether (sulfide) groups is 1. The maximum Gasteiger partial charge on any atom is 0.261 e. The minimum atomic E-state index is -3.48. The molecule has 0 saturated carbocycles. The molecule has 1 saturated heterocycles. The lowest BCUT2D eigenvalue weighted by molar-refractivity contribution is 0.198. The number of aromatic nitrogens is 6. The molecule has 0 unspecified atom stereocenters. The Morgan fingerprint density at radius 1 is 0.935 bits per heavy atom. The Morgan fingerprint density at radius 3 is 1.97 bits per heavy atom. The molecule has 13 heteroatoms. The summed E-state index contributed by atoms with van der Waals surface area (Å²) in [6, 6.07) is 3.25. The number of hydrogen-bond acceptors (Lipinski definition) is 8. The summed E-state index contributed by atoms with van der Waals surface area (Å²) < 4.78 is 27.2. The number of sulfone groups is 1. The molecule has 0 aromatic carbocycles. The lowest BCUT2D eigenvalue weighted by atomic mass is 10.4. The second kappa shape index (κ2) is 9.94. The SMILES string of the molecule is C1CCOC1.CS(=O)(=O)c1nc2[nH]ccc2c(=O)[nH]1.CSc1nc2[nH]ccc2c(=O)[nH]1. The van der Waals surface area contributed by atoms with Crippen LogP contribution in [0.3, 0.4) is 0 Å². The molecular formula is C18H22N6O5S2. The first-order valence-corrected chi connectivity index (χ1v) is 12.4. The van der Waals surface area contributed by atoms with Crippen molar-refractivity contribution in [3.8, 4) is 0 Å². The van der Waals surface area contributed by atoms with Crippen LogP contribution in [0.2, 0.25) is 0 Å². The fourth-order valence-corrected chi connectivity index (χ4v) is 3.56. The predicted octanol–water partition coefficient (Wildman–Crippen LogP) is 1.42. The molecule has 5 rings (SSSR count). The van der Waals surface area contributed by atoms with Gasteiger partial charge in [-0.15, -0.1) is 0 Å². The van der Waals surface area contributed by atoms with Crippen molar-refractivity contribution in [3.63, 3.8) is 0 Å². The normalized spacial score (nSPS) is 13.5. The van der Waals surface area contributed by atoms with Crippen molar-refractivity contribution in [1.82, 2.24) is 29.9 Å². The summed E-state index contributed by atoms with van der Waals surface area (Å²) in [4.78, 5) is 41.0. The first-order chi connectivity index (χ1) is 14.8. The summed E-state index contributed by atoms with van der Waals surface area (Å²) in [5.41, 5.74) is 0.361. The van der Waals surface area contributed by atoms with Gasteiger partial charge >= 0.3 is 0 Å². The third kappa shape index (κ3) is 5.83. The molecule has 1 aliphatic heterocycles. The van der Waals surface area contributed by atoms with Crippen molar-refractivity contribution < 1.29 is 13.2 Å². The fraction of sp³-hybridized carbons (Fsp3) is 0.333. The van der Waals surface area contributed by atoms with E-state index < -0.39 is 15.4 Å². The van der Waals surface area contributed by atoms with Gasteiger partial charge in [-0.1, -0.05) is 11.8 Å². The van der Waals surface area contributed by atoms with Gasteiger partial charge in [-0.25, -0.2) is 18.4 Å². The van der Waals surface area contributed by atoms with Crippen LogP contribution in [0.1, 0.15) is 12.8 Å². The third-order valence-corrected chi connectivity index (χ3v) is 5.65. The molecular weight excluding hydrogens is 444 g/mol. The van der Waals surface area contributed by atoms with E-state index >= 15 is 0 Å². The topological polar surface area (TPSA) is 166 Å². The number of rotatable bonds is 2. The average molecular weight is 467 g/mol. The van der Waals surface area contributed by atoms with Crippen molar-refractivity contribution >= 4 is 43.7 Å². The van der Waals surface area contributed by atoms with E-state index in [2.05, 4.69) is 29.9 Å². The van der Waals surface area contributed by atoms with Crippen LogP contribution in [0.15, 0.2) is 44.4 Å². The number of hydrogen-bond donors (Lipinski definition) is 4. The summed E-state index contributed by atoms with van der Waals surface area (Å²) in [6.45, 7) is 2.00. The molecule has 0 atom stereocenters. The number of fused-ring (bicyclic) bond motifs is 2. The Labute approximate surface area is 181 Å². The molecule has 1 aliphatic rings. The second-order valence-corrected chi connectivity index (χ2v) is 9.24. The van der Waals surface area contributed by atoms with Crippen LogP contribution < -0.4 is 11.1 Å². The average Bonchev–Trinajstić information content (AvgIpc) is 3.49. The van der Waals surface area contributed by atoms with E-state index in [-0.39, 0.29) is 16.4 Å². The highest BCUT2D eigenvalue weighted by atomic mass is 32.2. The minimum Gasteiger partial charge on any atom is -0.381 e. The van der Waals surface area contributed by atoms with E-state index in [9.17, 15) is 18.0 Å². The van der Waals surface area contributed by atoms with Gasteiger partial charge in [-0.2, -0.15) is 0 Å². The number of H-pyrrole nitrogens is 4. The summed E-state index contributed by atoms with van der Waals surface area (Å²) in [6.07, 6.45) is 8.64. The Kier molecular flexibility index (Phi) is 7.30. The molecule has 0 bridgehead atoms. The molecule has 4 aromatic rings. The molecule has 31 heavy (non-hydrogen) atoms. The zero-order chi connectivity index (χ0) is 22.4. The lowest BCUT2D eigenvalue weighted by Crippen LogP contribution is -2.14. The molecule has 0 amide bonds. The smallest absolute Gasteiger partial charge is 0.261 e. The summed E-state index contributed by atoms with van der Waals surface area (Å²) >= 11 is 1.41. The van der Waals surface area contributed by atoms with Gasteiger partial charge in [0.25, 0.3) is 11.1 Å². The maximum atomic E-state index is 11.3. The van der Waals surface area contributed by atoms with Gasteiger partial charge in [0.2, 0.25) is 15.0 Å². The highest BCUT2D eigenvalue weighted by molar-refractivity contribution is 7.98. The fourth-order valence-electron chi connectivity index (χ4n) is 2.64. The van der Waals surface area contributed by atoms with Crippen LogP contribution in [-0.4, -0.2) is 64.0 Å². The Morgan fingerprint density at radius 2 is 1.48 bits per heavy atom. The molecule has 1 fully saturated rings. The predicted molar refractivity (Wildman–Crippen MR) is 118 cm³/mol. The number of aromatic amines is 4. The van der Waals surface area contributed by atoms with E-state index in [1.165, 1.54) is 36.9 Å². The molecule has 0 aliphatic carbocycles. The number of nitrogens with one attached hydrogen (secondary N) is 4. The summed E-state index contributed by atoms with van der Waals surface area (Å²) in [7, 11) is -3.48. The van der Waals surface area contributed by atoms with Gasteiger partial charge in [-0.05, 0) is 31.2 Å². The molecule has 4 N–H and O–H groups in total. The molecule has 4 aromatic heterocycles. The van der Waals surface area contributed by atoms with Gasteiger partial charge in [-0.3, -0.25) is 14.6 Å². The van der Waals surface area contributed by atoms with Crippen LogP contribution in [-0.2, 0) is 14.6 Å². The Balaban J connectivity index is 0.000000145. The Hall–Kier alpha value is -2.90. The van der Waals surface area contributed by atoms with E-state index in [1.54, 1.807) is 12.3 Å². The van der Waals surface area contributed by atoms with Gasteiger partial charge in [0.05, 0.1) is 10.8 Å². The standard InChI is InChI=1S/C7H7N3O3S.C7H7N3OS.C4H8O/c1-14(12,13)7-9-5-4(2-3-8-5)6(11)10-7;1-12-7-9-5-4(2-3-8-5)6(11)10-7;1-2-4-5-3-1/h2-3H,1H3,(H2,8,9,10,11);2-3H,1H3,(H2,8,9,10,11);1-4H2. The van der Waals surface area contributed by atoms with Crippen LogP contribution in [0.4, 0.5) is 0 Å². The van der Waals surface area contributed by atoms with E-state index in [0.29, 0.717) is 21.6 Å². The van der Waals surface area contributed by atoms with Crippen LogP contribution >= 0.6 is 11.8 Å². The summed E-state index contributed by atoms with van der Waals surface area (Å²) in [5, 5.41) is 1.26. The molecule has 5 heterocycles. The minimum absolute atomic E-state index is 0.0920. The third-order valence-electron chi connectivity index (χ3n) is 4.18. The first-order valence-electron chi connectivity index (χ1n) is 9.26. The van der Waals surface area contributed by atoms with Crippen LogP contribution in [0.5, 0.6) is 0 Å². The molecule has 11 nitrogen and oxygen atoms in total. The molecule has 166 valence electrons. The summed E-state index contributed by atoms with van der Waals surface area (Å²) in [5.74, 6) is 0. The van der Waals surface area contributed by atoms with E-state index in [1.807, 2.05) is 6.26 Å². The van der Waals surface area contributed by atoms with Crippen LogP contribution in [0, 0.1) is 0 Å². The lowest BCUT2D eigenvalue weighted by Gasteiger charge is -1.96. The van der Waals surface area contributed by atoms with Crippen molar-refractivity contribution in [2.45, 2.75) is 23.2 Å². The number of ether oxygens (including phenoxy) is 1. The number of nitrogens with zero attached hydrogens (tertiary/aromatic N) is 2. The van der Waals surface area contributed by atoms with E-state index in [0.717, 1.165) is 19.5 Å². The van der Waals surface area contributed by atoms with Crippen LogP contribution in [0.25, 0.3) is 22.1 Å². The quantitative estimate of drug-likeness (QED) is 0.254. The highest BCUT2D eigenvalue weighted by Crippen LogP contribution is 2.09. The zero-order valence-corrected chi connectivity index (χ0v) is 18.5. The van der Waals surface area contributed by atoms with Crippen molar-refractivity contribution in [2.75, 3.05) is 25.7 Å². The van der Waals surface area contributed by atoms with Crippen molar-refractivity contribution in [3.05, 3.63) is 45.2 Å². The largest absolute Gasteiger partial charge is 0.381 e. The van der Waals surface area contributed by atoms with Gasteiger partial charge in [0.15, 0.2) is 5.16 Å². The maximum absolute atomic E-state index is 11.3.